The van der Waals surface area contributed by atoms with Gasteiger partial charge in [-0.2, -0.15) is 0 Å². The second-order valence-corrected chi connectivity index (χ2v) is 8.46. The van der Waals surface area contributed by atoms with E-state index >= 15 is 0 Å². The molecule has 1 saturated heterocycles. The molecule has 30 heavy (non-hydrogen) atoms. The molecular formula is C25H36N2O3. The summed E-state index contributed by atoms with van der Waals surface area (Å²) in [6, 6.07) is 18.3. The largest absolute Gasteiger partial charge is 0.494 e. The molecule has 0 saturated carbocycles. The Hall–Kier alpha value is -2.08. The van der Waals surface area contributed by atoms with Crippen molar-refractivity contribution in [3.8, 4) is 5.75 Å². The molecule has 1 heterocycles. The number of hydrogen-bond donors (Lipinski definition) is 2. The van der Waals surface area contributed by atoms with Crippen LogP contribution < -0.4 is 9.64 Å². The maximum absolute atomic E-state index is 11.1. The number of rotatable bonds is 10. The van der Waals surface area contributed by atoms with Crippen molar-refractivity contribution in [2.24, 2.45) is 0 Å². The molecule has 0 radical (unpaired) electrons. The van der Waals surface area contributed by atoms with Gasteiger partial charge in [-0.15, -0.1) is 0 Å². The predicted molar refractivity (Wildman–Crippen MR) is 122 cm³/mol. The highest BCUT2D eigenvalue weighted by Crippen LogP contribution is 2.28. The Balaban J connectivity index is 1.48. The highest BCUT2D eigenvalue weighted by molar-refractivity contribution is 5.48. The summed E-state index contributed by atoms with van der Waals surface area (Å²) in [6.07, 6.45) is 2.54. The van der Waals surface area contributed by atoms with Gasteiger partial charge in [0.25, 0.3) is 0 Å². The Kier molecular flexibility index (Phi) is 8.14. The third kappa shape index (κ3) is 6.21. The molecule has 3 rings (SSSR count). The number of piperidine rings is 1. The summed E-state index contributed by atoms with van der Waals surface area (Å²) in [5.41, 5.74) is 1.25. The molecular weight excluding hydrogens is 376 g/mol. The zero-order chi connectivity index (χ0) is 21.4. The first-order valence-corrected chi connectivity index (χ1v) is 11.1. The van der Waals surface area contributed by atoms with Crippen LogP contribution in [0.2, 0.25) is 0 Å². The maximum Gasteiger partial charge on any atom is 0.119 e. The summed E-state index contributed by atoms with van der Waals surface area (Å²) >= 11 is 0. The van der Waals surface area contributed by atoms with Crippen LogP contribution in [0.5, 0.6) is 5.75 Å². The Bertz CT molecular complexity index is 743. The average Bonchev–Trinajstić information content (AvgIpc) is 2.77. The monoisotopic (exact) mass is 412 g/mol. The number of anilines is 1. The van der Waals surface area contributed by atoms with E-state index in [4.69, 9.17) is 4.74 Å². The smallest absolute Gasteiger partial charge is 0.119 e. The van der Waals surface area contributed by atoms with Crippen molar-refractivity contribution in [3.63, 3.8) is 0 Å². The van der Waals surface area contributed by atoms with Crippen molar-refractivity contribution in [1.29, 1.82) is 0 Å². The van der Waals surface area contributed by atoms with Crippen LogP contribution in [-0.2, 0) is 6.54 Å². The quantitative estimate of drug-likeness (QED) is 0.583. The molecule has 1 fully saturated rings. The first-order valence-electron chi connectivity index (χ1n) is 11.1. The van der Waals surface area contributed by atoms with Gasteiger partial charge in [0.1, 0.15) is 11.9 Å². The third-order valence-electron chi connectivity index (χ3n) is 6.08. The normalized spacial score (nSPS) is 17.5. The van der Waals surface area contributed by atoms with Crippen molar-refractivity contribution in [2.45, 2.75) is 50.9 Å². The van der Waals surface area contributed by atoms with Crippen molar-refractivity contribution < 1.29 is 14.9 Å². The van der Waals surface area contributed by atoms with Crippen LogP contribution in [-0.4, -0.2) is 60.1 Å². The van der Waals surface area contributed by atoms with Gasteiger partial charge in [0, 0.05) is 38.9 Å². The van der Waals surface area contributed by atoms with Crippen molar-refractivity contribution in [2.75, 3.05) is 38.2 Å². The lowest BCUT2D eigenvalue weighted by Crippen LogP contribution is -2.54. The molecule has 164 valence electrons. The lowest BCUT2D eigenvalue weighted by Gasteiger charge is -2.42. The minimum absolute atomic E-state index is 0.394. The van der Waals surface area contributed by atoms with E-state index in [1.165, 1.54) is 5.56 Å². The van der Waals surface area contributed by atoms with Crippen molar-refractivity contribution in [3.05, 3.63) is 60.2 Å². The van der Waals surface area contributed by atoms with E-state index in [2.05, 4.69) is 36.1 Å². The van der Waals surface area contributed by atoms with E-state index in [0.717, 1.165) is 50.5 Å². The number of likely N-dealkylation sites (N-methyl/N-ethyl adjacent to an activating group) is 1. The van der Waals surface area contributed by atoms with Crippen LogP contribution in [0.1, 0.15) is 38.2 Å². The summed E-state index contributed by atoms with van der Waals surface area (Å²) < 4.78 is 5.71. The van der Waals surface area contributed by atoms with Gasteiger partial charge < -0.3 is 19.8 Å². The first-order chi connectivity index (χ1) is 14.5. The van der Waals surface area contributed by atoms with E-state index < -0.39 is 11.7 Å². The van der Waals surface area contributed by atoms with Crippen LogP contribution in [0, 0.1) is 0 Å². The molecule has 0 amide bonds. The number of likely N-dealkylation sites (tertiary alicyclic amines) is 1. The number of aliphatic hydroxyl groups is 2. The Morgan fingerprint density at radius 2 is 1.73 bits per heavy atom. The molecule has 2 N–H and O–H groups in total. The molecule has 1 aliphatic heterocycles. The Morgan fingerprint density at radius 3 is 2.37 bits per heavy atom. The van der Waals surface area contributed by atoms with Gasteiger partial charge in [0.05, 0.1) is 12.2 Å². The highest BCUT2D eigenvalue weighted by Gasteiger charge is 2.39. The number of nitrogens with zero attached hydrogens (tertiary/aromatic N) is 2. The summed E-state index contributed by atoms with van der Waals surface area (Å²) in [6.45, 7) is 5.74. The summed E-state index contributed by atoms with van der Waals surface area (Å²) in [7, 11) is 1.95. The summed E-state index contributed by atoms with van der Waals surface area (Å²) in [5.74, 6) is 0.866. The van der Waals surface area contributed by atoms with E-state index in [9.17, 15) is 10.2 Å². The highest BCUT2D eigenvalue weighted by atomic mass is 16.5. The van der Waals surface area contributed by atoms with Gasteiger partial charge in [0.2, 0.25) is 0 Å². The van der Waals surface area contributed by atoms with Crippen LogP contribution in [0.4, 0.5) is 5.69 Å². The number of hydrogen-bond acceptors (Lipinski definition) is 5. The molecule has 0 spiro atoms. The topological polar surface area (TPSA) is 56.2 Å². The van der Waals surface area contributed by atoms with Crippen LogP contribution in [0.3, 0.4) is 0 Å². The van der Waals surface area contributed by atoms with Crippen LogP contribution in [0.15, 0.2) is 54.6 Å². The van der Waals surface area contributed by atoms with Crippen molar-refractivity contribution in [1.82, 2.24) is 4.90 Å². The molecule has 0 aromatic heterocycles. The zero-order valence-corrected chi connectivity index (χ0v) is 18.3. The van der Waals surface area contributed by atoms with Gasteiger partial charge in [-0.25, -0.2) is 0 Å². The third-order valence-corrected chi connectivity index (χ3v) is 6.08. The molecule has 5 heteroatoms. The van der Waals surface area contributed by atoms with Crippen molar-refractivity contribution >= 4 is 5.69 Å². The average molecular weight is 413 g/mol. The van der Waals surface area contributed by atoms with E-state index in [1.807, 2.05) is 42.3 Å². The molecule has 2 aromatic carbocycles. The molecule has 2 aromatic rings. The molecule has 0 bridgehead atoms. The van der Waals surface area contributed by atoms with E-state index in [1.54, 1.807) is 0 Å². The summed E-state index contributed by atoms with van der Waals surface area (Å²) in [5, 5.41) is 21.9. The zero-order valence-electron chi connectivity index (χ0n) is 18.3. The minimum atomic E-state index is -1.04. The lowest BCUT2D eigenvalue weighted by atomic mass is 9.85. The second kappa shape index (κ2) is 10.8. The standard InChI is InChI=1S/C25H36N2O3/c1-3-4-18-30-23-12-10-22(11-13-23)26(2)20-24(28)25(29)14-16-27(17-15-25)19-21-8-6-5-7-9-21/h5-13,24,28-29H,3-4,14-20H2,1-2H3. The molecule has 5 nitrogen and oxygen atoms in total. The predicted octanol–water partition coefficient (Wildman–Crippen LogP) is 3.69. The fourth-order valence-electron chi connectivity index (χ4n) is 3.94. The van der Waals surface area contributed by atoms with Crippen LogP contribution in [0.25, 0.3) is 0 Å². The van der Waals surface area contributed by atoms with Gasteiger partial charge in [-0.3, -0.25) is 4.90 Å². The Morgan fingerprint density at radius 1 is 1.07 bits per heavy atom. The fraction of sp³-hybridized carbons (Fsp3) is 0.520. The SMILES string of the molecule is CCCCOc1ccc(N(C)CC(O)C2(O)CCN(Cc3ccccc3)CC2)cc1. The van der Waals surface area contributed by atoms with E-state index in [-0.39, 0.29) is 0 Å². The second-order valence-electron chi connectivity index (χ2n) is 8.46. The van der Waals surface area contributed by atoms with Gasteiger partial charge in [0.15, 0.2) is 0 Å². The number of ether oxygens (including phenoxy) is 1. The molecule has 1 unspecified atom stereocenters. The maximum atomic E-state index is 11.1. The van der Waals surface area contributed by atoms with Gasteiger partial charge in [-0.05, 0) is 49.1 Å². The Labute approximate surface area is 180 Å². The molecule has 0 aliphatic carbocycles. The first kappa shape index (κ1) is 22.6. The van der Waals surface area contributed by atoms with E-state index in [0.29, 0.717) is 19.4 Å². The number of aliphatic hydroxyl groups excluding tert-OH is 1. The minimum Gasteiger partial charge on any atom is -0.494 e. The van der Waals surface area contributed by atoms with Gasteiger partial charge in [-0.1, -0.05) is 43.7 Å². The molecule has 1 atom stereocenters. The molecule has 1 aliphatic rings. The van der Waals surface area contributed by atoms with Gasteiger partial charge >= 0.3 is 0 Å². The number of benzene rings is 2. The number of unbranched alkanes of at least 4 members (excludes halogenated alkanes) is 1. The van der Waals surface area contributed by atoms with Crippen LogP contribution >= 0.6 is 0 Å². The summed E-state index contributed by atoms with van der Waals surface area (Å²) in [4.78, 5) is 4.34. The fourth-order valence-corrected chi connectivity index (χ4v) is 3.94. The lowest BCUT2D eigenvalue weighted by molar-refractivity contribution is -0.105.